The molecule has 26 heavy (non-hydrogen) atoms. The maximum atomic E-state index is 14.1. The molecule has 8 nitrogen and oxygen atoms in total. The van der Waals surface area contributed by atoms with E-state index < -0.39 is 23.4 Å². The van der Waals surface area contributed by atoms with Crippen molar-refractivity contribution in [2.45, 2.75) is 0 Å². The van der Waals surface area contributed by atoms with Crippen LogP contribution in [0.2, 0.25) is 0 Å². The highest BCUT2D eigenvalue weighted by Gasteiger charge is 2.23. The third-order valence-corrected chi connectivity index (χ3v) is 4.20. The minimum Gasteiger partial charge on any atom is -0.507 e. The van der Waals surface area contributed by atoms with Gasteiger partial charge in [0, 0.05) is 26.2 Å². The highest BCUT2D eigenvalue weighted by atomic mass is 19.2. The molecule has 0 saturated carbocycles. The van der Waals surface area contributed by atoms with Gasteiger partial charge < -0.3 is 20.8 Å². The van der Waals surface area contributed by atoms with Gasteiger partial charge in [0.2, 0.25) is 0 Å². The Labute approximate surface area is 147 Å². The van der Waals surface area contributed by atoms with E-state index >= 15 is 0 Å². The quantitative estimate of drug-likeness (QED) is 0.732. The summed E-state index contributed by atoms with van der Waals surface area (Å²) >= 11 is 0. The van der Waals surface area contributed by atoms with E-state index in [1.54, 1.807) is 4.90 Å². The van der Waals surface area contributed by atoms with Gasteiger partial charge in [-0.15, -0.1) is 10.2 Å². The standard InChI is InChI=1S/C16H17F2N5O3/c17-9-1-2-12(24)14(15(9)18)10-7-11(16(19)21-20-10)23-5-3-22(4-6-23)8-13(25)26/h1-2,7,24H,3-6,8H2,(H2,19,21)(H,25,26). The second kappa shape index (κ2) is 7.08. The van der Waals surface area contributed by atoms with Crippen molar-refractivity contribution in [1.82, 2.24) is 15.1 Å². The van der Waals surface area contributed by atoms with Crippen LogP contribution in [0.5, 0.6) is 5.75 Å². The lowest BCUT2D eigenvalue weighted by atomic mass is 10.1. The molecule has 1 fully saturated rings. The van der Waals surface area contributed by atoms with Crippen molar-refractivity contribution in [3.8, 4) is 17.0 Å². The molecule has 2 aromatic rings. The van der Waals surface area contributed by atoms with Crippen molar-refractivity contribution in [2.24, 2.45) is 0 Å². The molecule has 1 aliphatic heterocycles. The summed E-state index contributed by atoms with van der Waals surface area (Å²) in [6.45, 7) is 1.93. The third kappa shape index (κ3) is 3.49. The molecular weight excluding hydrogens is 348 g/mol. The van der Waals surface area contributed by atoms with E-state index in [2.05, 4.69) is 10.2 Å². The number of hydrogen-bond donors (Lipinski definition) is 3. The van der Waals surface area contributed by atoms with Crippen LogP contribution in [-0.2, 0) is 4.79 Å². The lowest BCUT2D eigenvalue weighted by Gasteiger charge is -2.35. The van der Waals surface area contributed by atoms with E-state index in [4.69, 9.17) is 10.8 Å². The summed E-state index contributed by atoms with van der Waals surface area (Å²) in [4.78, 5) is 14.4. The summed E-state index contributed by atoms with van der Waals surface area (Å²) in [6, 6.07) is 3.30. The summed E-state index contributed by atoms with van der Waals surface area (Å²) in [5.41, 5.74) is 5.90. The SMILES string of the molecule is Nc1nnc(-c2c(O)ccc(F)c2F)cc1N1CCN(CC(=O)O)CC1. The first kappa shape index (κ1) is 17.8. The topological polar surface area (TPSA) is 116 Å². The number of carboxylic acids is 1. The number of rotatable bonds is 4. The first-order chi connectivity index (χ1) is 12.4. The normalized spacial score (nSPS) is 15.2. The van der Waals surface area contributed by atoms with Crippen LogP contribution in [0.15, 0.2) is 18.2 Å². The van der Waals surface area contributed by atoms with Crippen LogP contribution in [0, 0.1) is 11.6 Å². The number of aromatic nitrogens is 2. The summed E-state index contributed by atoms with van der Waals surface area (Å²) in [5.74, 6) is -3.58. The van der Waals surface area contributed by atoms with E-state index in [-0.39, 0.29) is 23.6 Å². The van der Waals surface area contributed by atoms with Gasteiger partial charge in [0.25, 0.3) is 0 Å². The predicted octanol–water partition coefficient (Wildman–Crippen LogP) is 0.916. The molecule has 0 spiro atoms. The second-order valence-electron chi connectivity index (χ2n) is 5.91. The highest BCUT2D eigenvalue weighted by Crippen LogP contribution is 2.34. The molecular formula is C16H17F2N5O3. The van der Waals surface area contributed by atoms with Crippen LogP contribution in [-0.4, -0.2) is 64.0 Å². The number of carboxylic acid groups (broad SMARTS) is 1. The number of aliphatic carboxylic acids is 1. The molecule has 0 radical (unpaired) electrons. The Balaban J connectivity index is 1.88. The van der Waals surface area contributed by atoms with Gasteiger partial charge in [-0.2, -0.15) is 0 Å². The Morgan fingerprint density at radius 3 is 2.54 bits per heavy atom. The van der Waals surface area contributed by atoms with Gasteiger partial charge in [-0.25, -0.2) is 8.78 Å². The van der Waals surface area contributed by atoms with Gasteiger partial charge in [0.1, 0.15) is 11.4 Å². The number of hydrogen-bond acceptors (Lipinski definition) is 7. The van der Waals surface area contributed by atoms with E-state index in [1.807, 2.05) is 4.90 Å². The third-order valence-electron chi connectivity index (χ3n) is 4.20. The molecule has 10 heteroatoms. The van der Waals surface area contributed by atoms with Crippen molar-refractivity contribution in [3.63, 3.8) is 0 Å². The molecule has 0 amide bonds. The molecule has 0 atom stereocenters. The predicted molar refractivity (Wildman–Crippen MR) is 89.8 cm³/mol. The average molecular weight is 365 g/mol. The zero-order valence-corrected chi connectivity index (χ0v) is 13.7. The molecule has 0 unspecified atom stereocenters. The van der Waals surface area contributed by atoms with E-state index in [9.17, 15) is 18.7 Å². The number of phenols is 1. The number of nitrogens with zero attached hydrogens (tertiary/aromatic N) is 4. The minimum atomic E-state index is -1.22. The second-order valence-corrected chi connectivity index (χ2v) is 5.91. The highest BCUT2D eigenvalue weighted by molar-refractivity contribution is 5.74. The lowest BCUT2D eigenvalue weighted by Crippen LogP contribution is -2.48. The van der Waals surface area contributed by atoms with Gasteiger partial charge in [0.05, 0.1) is 17.8 Å². The van der Waals surface area contributed by atoms with Gasteiger partial charge >= 0.3 is 5.97 Å². The zero-order chi connectivity index (χ0) is 18.8. The number of aromatic hydroxyl groups is 1. The monoisotopic (exact) mass is 365 g/mol. The average Bonchev–Trinajstić information content (AvgIpc) is 2.60. The van der Waals surface area contributed by atoms with Crippen molar-refractivity contribution in [2.75, 3.05) is 43.4 Å². The number of carbonyl (C=O) groups is 1. The zero-order valence-electron chi connectivity index (χ0n) is 13.7. The molecule has 0 aliphatic carbocycles. The van der Waals surface area contributed by atoms with Gasteiger partial charge in [-0.1, -0.05) is 0 Å². The lowest BCUT2D eigenvalue weighted by molar-refractivity contribution is -0.138. The summed E-state index contributed by atoms with van der Waals surface area (Å²) in [7, 11) is 0. The Morgan fingerprint density at radius 1 is 1.19 bits per heavy atom. The van der Waals surface area contributed by atoms with Crippen molar-refractivity contribution < 1.29 is 23.8 Å². The van der Waals surface area contributed by atoms with Crippen molar-refractivity contribution in [1.29, 1.82) is 0 Å². The van der Waals surface area contributed by atoms with Crippen LogP contribution in [0.3, 0.4) is 0 Å². The largest absolute Gasteiger partial charge is 0.507 e. The first-order valence-electron chi connectivity index (χ1n) is 7.86. The van der Waals surface area contributed by atoms with E-state index in [1.165, 1.54) is 6.07 Å². The summed E-state index contributed by atoms with van der Waals surface area (Å²) in [5, 5.41) is 26.3. The van der Waals surface area contributed by atoms with E-state index in [0.717, 1.165) is 12.1 Å². The first-order valence-corrected chi connectivity index (χ1v) is 7.86. The van der Waals surface area contributed by atoms with Crippen LogP contribution < -0.4 is 10.6 Å². The number of anilines is 2. The summed E-state index contributed by atoms with van der Waals surface area (Å²) < 4.78 is 27.6. The molecule has 1 saturated heterocycles. The Kier molecular flexibility index (Phi) is 4.85. The maximum Gasteiger partial charge on any atom is 0.317 e. The number of nitrogen functional groups attached to an aromatic ring is 1. The molecule has 3 rings (SSSR count). The summed E-state index contributed by atoms with van der Waals surface area (Å²) in [6.07, 6.45) is 0. The Morgan fingerprint density at radius 2 is 1.88 bits per heavy atom. The molecule has 138 valence electrons. The molecule has 0 bridgehead atoms. The van der Waals surface area contributed by atoms with Gasteiger partial charge in [-0.05, 0) is 18.2 Å². The van der Waals surface area contributed by atoms with E-state index in [0.29, 0.717) is 31.9 Å². The van der Waals surface area contributed by atoms with Crippen LogP contribution in [0.25, 0.3) is 11.3 Å². The number of piperazine rings is 1. The van der Waals surface area contributed by atoms with Crippen molar-refractivity contribution >= 4 is 17.5 Å². The van der Waals surface area contributed by atoms with Crippen LogP contribution in [0.1, 0.15) is 0 Å². The maximum absolute atomic E-state index is 14.1. The fourth-order valence-corrected chi connectivity index (χ4v) is 2.89. The molecule has 4 N–H and O–H groups in total. The number of benzene rings is 1. The molecule has 2 heterocycles. The fraction of sp³-hybridized carbons (Fsp3) is 0.312. The fourth-order valence-electron chi connectivity index (χ4n) is 2.89. The number of phenolic OH excluding ortho intramolecular Hbond substituents is 1. The van der Waals surface area contributed by atoms with Crippen LogP contribution in [0.4, 0.5) is 20.3 Å². The van der Waals surface area contributed by atoms with Gasteiger partial charge in [-0.3, -0.25) is 9.69 Å². The molecule has 1 aromatic heterocycles. The molecule has 1 aliphatic rings. The van der Waals surface area contributed by atoms with Crippen molar-refractivity contribution in [3.05, 3.63) is 29.8 Å². The Bertz CT molecular complexity index is 841. The van der Waals surface area contributed by atoms with Crippen LogP contribution >= 0.6 is 0 Å². The molecule has 1 aromatic carbocycles. The number of nitrogens with two attached hydrogens (primary N) is 1. The smallest absolute Gasteiger partial charge is 0.317 e. The number of halogens is 2. The van der Waals surface area contributed by atoms with Gasteiger partial charge in [0.15, 0.2) is 17.5 Å². The minimum absolute atomic E-state index is 0.0448. The Hall–Kier alpha value is -3.01.